The van der Waals surface area contributed by atoms with Gasteiger partial charge in [0, 0.05) is 11.2 Å². The van der Waals surface area contributed by atoms with Crippen LogP contribution in [0.2, 0.25) is 5.02 Å². The maximum absolute atomic E-state index is 12.9. The highest BCUT2D eigenvalue weighted by molar-refractivity contribution is 6.30. The highest BCUT2D eigenvalue weighted by atomic mass is 35.5. The molecule has 9 nitrogen and oxygen atoms in total. The highest BCUT2D eigenvalue weighted by Gasteiger charge is 2.52. The van der Waals surface area contributed by atoms with E-state index in [1.807, 2.05) is 0 Å². The number of nitrogens with one attached hydrogen (secondary N) is 3. The summed E-state index contributed by atoms with van der Waals surface area (Å²) in [7, 11) is 0. The summed E-state index contributed by atoms with van der Waals surface area (Å²) in [5.74, 6) is -1.97. The van der Waals surface area contributed by atoms with E-state index < -0.39 is 35.8 Å². The van der Waals surface area contributed by atoms with Crippen molar-refractivity contribution in [1.82, 2.24) is 26.1 Å². The topological polar surface area (TPSA) is 120 Å². The van der Waals surface area contributed by atoms with Crippen molar-refractivity contribution in [1.29, 1.82) is 0 Å². The summed E-state index contributed by atoms with van der Waals surface area (Å²) in [6.07, 6.45) is 1.66. The molecule has 5 amide bonds. The largest absolute Gasteiger partial charge is 0.344 e. The molecule has 10 heteroatoms. The molecule has 1 saturated heterocycles. The summed E-state index contributed by atoms with van der Waals surface area (Å²) < 4.78 is 0. The molecule has 0 aliphatic carbocycles. The first kappa shape index (κ1) is 20.3. The van der Waals surface area contributed by atoms with E-state index in [0.717, 1.165) is 0 Å². The van der Waals surface area contributed by atoms with Gasteiger partial charge in [-0.15, -0.1) is 0 Å². The molecule has 150 valence electrons. The van der Waals surface area contributed by atoms with Crippen molar-refractivity contribution >= 4 is 35.4 Å². The van der Waals surface area contributed by atoms with Gasteiger partial charge in [-0.05, 0) is 24.1 Å². The van der Waals surface area contributed by atoms with Crippen LogP contribution in [-0.2, 0) is 15.1 Å². The fraction of sp³-hybridized carbons (Fsp3) is 0.211. The SMILES string of the molecule is CC[C@]1(c2ccccc2)NC(=O)N(NC(=O)CNC(=O)c2cc(Cl)ccn2)C1=O. The van der Waals surface area contributed by atoms with Crippen LogP contribution in [0.5, 0.6) is 0 Å². The first-order chi connectivity index (χ1) is 13.9. The fourth-order valence-electron chi connectivity index (χ4n) is 2.98. The van der Waals surface area contributed by atoms with E-state index in [2.05, 4.69) is 21.0 Å². The summed E-state index contributed by atoms with van der Waals surface area (Å²) in [4.78, 5) is 53.3. The van der Waals surface area contributed by atoms with Crippen LogP contribution >= 0.6 is 11.6 Å². The minimum absolute atomic E-state index is 0.0365. The zero-order valence-electron chi connectivity index (χ0n) is 15.4. The van der Waals surface area contributed by atoms with Gasteiger partial charge in [0.05, 0.1) is 6.54 Å². The molecule has 0 radical (unpaired) electrons. The van der Waals surface area contributed by atoms with E-state index in [-0.39, 0.29) is 5.69 Å². The molecule has 3 rings (SSSR count). The Labute approximate surface area is 171 Å². The number of benzene rings is 1. The zero-order chi connectivity index (χ0) is 21.0. The van der Waals surface area contributed by atoms with Gasteiger partial charge in [-0.25, -0.2) is 4.79 Å². The summed E-state index contributed by atoms with van der Waals surface area (Å²) in [6, 6.07) is 10.9. The lowest BCUT2D eigenvalue weighted by Gasteiger charge is -2.25. The Balaban J connectivity index is 1.65. The van der Waals surface area contributed by atoms with Crippen molar-refractivity contribution < 1.29 is 19.2 Å². The quantitative estimate of drug-likeness (QED) is 0.615. The third kappa shape index (κ3) is 4.04. The Morgan fingerprint density at radius 2 is 1.93 bits per heavy atom. The molecule has 2 heterocycles. The fourth-order valence-corrected chi connectivity index (χ4v) is 3.14. The van der Waals surface area contributed by atoms with Crippen LogP contribution in [0, 0.1) is 0 Å². The van der Waals surface area contributed by atoms with Crippen LogP contribution in [-0.4, -0.2) is 40.3 Å². The summed E-state index contributed by atoms with van der Waals surface area (Å²) >= 11 is 5.80. The second-order valence-electron chi connectivity index (χ2n) is 6.27. The van der Waals surface area contributed by atoms with Crippen LogP contribution in [0.4, 0.5) is 4.79 Å². The number of nitrogens with zero attached hydrogens (tertiary/aromatic N) is 2. The van der Waals surface area contributed by atoms with Gasteiger partial charge in [0.25, 0.3) is 17.7 Å². The van der Waals surface area contributed by atoms with Crippen LogP contribution in [0.15, 0.2) is 48.7 Å². The van der Waals surface area contributed by atoms with Crippen LogP contribution < -0.4 is 16.1 Å². The van der Waals surface area contributed by atoms with Gasteiger partial charge < -0.3 is 10.6 Å². The lowest BCUT2D eigenvalue weighted by molar-refractivity contribution is -0.139. The number of urea groups is 1. The van der Waals surface area contributed by atoms with E-state index in [1.54, 1.807) is 37.3 Å². The molecular formula is C19H18ClN5O4. The molecule has 2 aromatic rings. The Morgan fingerprint density at radius 1 is 1.21 bits per heavy atom. The number of aromatic nitrogens is 1. The van der Waals surface area contributed by atoms with Crippen molar-refractivity contribution in [2.24, 2.45) is 0 Å². The monoisotopic (exact) mass is 415 g/mol. The molecule has 1 aromatic heterocycles. The van der Waals surface area contributed by atoms with Gasteiger partial charge in [0.15, 0.2) is 0 Å². The second kappa shape index (κ2) is 8.27. The van der Waals surface area contributed by atoms with E-state index >= 15 is 0 Å². The van der Waals surface area contributed by atoms with Crippen molar-refractivity contribution in [3.8, 4) is 0 Å². The molecular weight excluding hydrogens is 398 g/mol. The zero-order valence-corrected chi connectivity index (χ0v) is 16.2. The lowest BCUT2D eigenvalue weighted by atomic mass is 9.87. The number of hydrazine groups is 1. The minimum Gasteiger partial charge on any atom is -0.342 e. The first-order valence-electron chi connectivity index (χ1n) is 8.79. The molecule has 3 N–H and O–H groups in total. The number of rotatable bonds is 6. The Morgan fingerprint density at radius 3 is 2.59 bits per heavy atom. The van der Waals surface area contributed by atoms with Gasteiger partial charge in [0.1, 0.15) is 11.2 Å². The summed E-state index contributed by atoms with van der Waals surface area (Å²) in [6.45, 7) is 1.29. The standard InChI is InChI=1S/C19H18ClN5O4/c1-2-19(12-6-4-3-5-7-12)17(28)25(18(29)23-19)24-15(26)11-22-16(27)14-10-13(20)8-9-21-14/h3-10H,2,11H2,1H3,(H,22,27)(H,23,29)(H,24,26)/t19-/m1/s1. The number of imide groups is 1. The van der Waals surface area contributed by atoms with E-state index in [1.165, 1.54) is 18.3 Å². The van der Waals surface area contributed by atoms with Gasteiger partial charge in [-0.1, -0.05) is 48.9 Å². The number of hydrogen-bond donors (Lipinski definition) is 3. The van der Waals surface area contributed by atoms with Crippen LogP contribution in [0.25, 0.3) is 0 Å². The van der Waals surface area contributed by atoms with E-state index in [4.69, 9.17) is 11.6 Å². The van der Waals surface area contributed by atoms with Gasteiger partial charge in [0.2, 0.25) is 0 Å². The Hall–Kier alpha value is -3.46. The third-order valence-electron chi connectivity index (χ3n) is 4.49. The molecule has 0 bridgehead atoms. The van der Waals surface area contributed by atoms with Gasteiger partial charge in [-0.3, -0.25) is 24.8 Å². The lowest BCUT2D eigenvalue weighted by Crippen LogP contribution is -2.51. The maximum atomic E-state index is 12.9. The van der Waals surface area contributed by atoms with Crippen LogP contribution in [0.3, 0.4) is 0 Å². The Kier molecular flexibility index (Phi) is 5.79. The van der Waals surface area contributed by atoms with Crippen molar-refractivity contribution in [3.05, 3.63) is 64.9 Å². The number of pyridine rings is 1. The normalized spacial score (nSPS) is 18.3. The molecule has 1 atom stereocenters. The molecule has 1 aromatic carbocycles. The molecule has 0 spiro atoms. The molecule has 1 aliphatic rings. The first-order valence-corrected chi connectivity index (χ1v) is 9.16. The molecule has 0 saturated carbocycles. The smallest absolute Gasteiger partial charge is 0.342 e. The predicted molar refractivity (Wildman–Crippen MR) is 104 cm³/mol. The molecule has 29 heavy (non-hydrogen) atoms. The van der Waals surface area contributed by atoms with Crippen molar-refractivity contribution in [2.45, 2.75) is 18.9 Å². The van der Waals surface area contributed by atoms with Crippen LogP contribution in [0.1, 0.15) is 29.4 Å². The van der Waals surface area contributed by atoms with Gasteiger partial charge >= 0.3 is 6.03 Å². The van der Waals surface area contributed by atoms with E-state index in [0.29, 0.717) is 22.0 Å². The second-order valence-corrected chi connectivity index (χ2v) is 6.71. The van der Waals surface area contributed by atoms with Crippen molar-refractivity contribution in [3.63, 3.8) is 0 Å². The number of carbonyl (C=O) groups excluding carboxylic acids is 4. The number of halogens is 1. The average Bonchev–Trinajstić information content (AvgIpc) is 2.97. The number of carbonyl (C=O) groups is 4. The number of amides is 5. The number of hydrogen-bond acceptors (Lipinski definition) is 5. The predicted octanol–water partition coefficient (Wildman–Crippen LogP) is 1.35. The summed E-state index contributed by atoms with van der Waals surface area (Å²) in [5, 5.41) is 5.95. The molecule has 0 unspecified atom stereocenters. The minimum atomic E-state index is -1.26. The highest BCUT2D eigenvalue weighted by Crippen LogP contribution is 2.31. The average molecular weight is 416 g/mol. The summed E-state index contributed by atoms with van der Waals surface area (Å²) in [5.41, 5.74) is 1.61. The van der Waals surface area contributed by atoms with Crippen molar-refractivity contribution in [2.75, 3.05) is 6.54 Å². The van der Waals surface area contributed by atoms with E-state index in [9.17, 15) is 19.2 Å². The molecule has 1 aliphatic heterocycles. The molecule has 1 fully saturated rings. The maximum Gasteiger partial charge on any atom is 0.344 e. The van der Waals surface area contributed by atoms with Gasteiger partial charge in [-0.2, -0.15) is 5.01 Å². The third-order valence-corrected chi connectivity index (χ3v) is 4.72. The Bertz CT molecular complexity index is 968.